The van der Waals surface area contributed by atoms with Crippen LogP contribution in [0.2, 0.25) is 0 Å². The highest BCUT2D eigenvalue weighted by Crippen LogP contribution is 2.22. The van der Waals surface area contributed by atoms with E-state index in [4.69, 9.17) is 5.11 Å². The van der Waals surface area contributed by atoms with Crippen molar-refractivity contribution in [2.45, 2.75) is 32.9 Å². The highest BCUT2D eigenvalue weighted by molar-refractivity contribution is 5.82. The van der Waals surface area contributed by atoms with E-state index in [1.807, 2.05) is 52.8 Å². The van der Waals surface area contributed by atoms with Crippen molar-refractivity contribution in [3.63, 3.8) is 0 Å². The van der Waals surface area contributed by atoms with Gasteiger partial charge in [-0.25, -0.2) is 0 Å². The molecule has 0 radical (unpaired) electrons. The normalized spacial score (nSPS) is 16.5. The molecule has 1 atom stereocenters. The van der Waals surface area contributed by atoms with Crippen molar-refractivity contribution in [2.75, 3.05) is 13.1 Å². The fourth-order valence-electron chi connectivity index (χ4n) is 4.24. The molecule has 29 heavy (non-hydrogen) atoms. The topological polar surface area (TPSA) is 62.5 Å². The zero-order valence-electron chi connectivity index (χ0n) is 16.7. The van der Waals surface area contributed by atoms with Crippen LogP contribution in [0.25, 0.3) is 10.9 Å². The Balaban J connectivity index is 1.45. The molecular formula is C24H26N2O3. The van der Waals surface area contributed by atoms with Gasteiger partial charge >= 0.3 is 0 Å². The number of rotatable bonds is 5. The van der Waals surface area contributed by atoms with Gasteiger partial charge in [-0.15, -0.1) is 0 Å². The van der Waals surface area contributed by atoms with Crippen LogP contribution < -0.4 is 5.43 Å². The molecule has 0 bridgehead atoms. The SMILES string of the molecule is Cc1cc(=O)c2ccccc2n1CC(=O)N1CC[C@H](Cc2ccc(CO)cc2)C1. The van der Waals surface area contributed by atoms with Crippen LogP contribution in [0, 0.1) is 12.8 Å². The summed E-state index contributed by atoms with van der Waals surface area (Å²) in [7, 11) is 0. The number of amides is 1. The molecule has 3 aromatic rings. The van der Waals surface area contributed by atoms with Gasteiger partial charge < -0.3 is 14.6 Å². The fourth-order valence-corrected chi connectivity index (χ4v) is 4.24. The van der Waals surface area contributed by atoms with Crippen LogP contribution in [0.3, 0.4) is 0 Å². The molecule has 0 aliphatic carbocycles. The van der Waals surface area contributed by atoms with Crippen LogP contribution in [0.5, 0.6) is 0 Å². The lowest BCUT2D eigenvalue weighted by molar-refractivity contribution is -0.130. The van der Waals surface area contributed by atoms with Gasteiger partial charge in [-0.1, -0.05) is 36.4 Å². The number of pyridine rings is 1. The molecule has 1 aromatic heterocycles. The standard InChI is InChI=1S/C24H26N2O3/c1-17-12-23(28)21-4-2-3-5-22(21)26(17)15-24(29)25-11-10-20(14-25)13-18-6-8-19(16-27)9-7-18/h2-9,12,20,27H,10-11,13-16H2,1H3/t20-/m1/s1. The molecule has 1 aliphatic heterocycles. The predicted molar refractivity (Wildman–Crippen MR) is 114 cm³/mol. The summed E-state index contributed by atoms with van der Waals surface area (Å²) in [6.07, 6.45) is 1.94. The van der Waals surface area contributed by atoms with Crippen molar-refractivity contribution in [3.05, 3.63) is 81.6 Å². The number of aryl methyl sites for hydroxylation is 1. The molecule has 1 amide bonds. The maximum atomic E-state index is 13.0. The molecule has 0 unspecified atom stereocenters. The number of aromatic nitrogens is 1. The van der Waals surface area contributed by atoms with E-state index in [1.165, 1.54) is 5.56 Å². The first-order valence-electron chi connectivity index (χ1n) is 10.1. The summed E-state index contributed by atoms with van der Waals surface area (Å²) in [5.41, 5.74) is 3.77. The van der Waals surface area contributed by atoms with Gasteiger partial charge in [0, 0.05) is 30.2 Å². The molecule has 5 heteroatoms. The van der Waals surface area contributed by atoms with Crippen LogP contribution in [-0.4, -0.2) is 33.6 Å². The van der Waals surface area contributed by atoms with E-state index in [0.717, 1.165) is 42.7 Å². The zero-order chi connectivity index (χ0) is 20.4. The van der Waals surface area contributed by atoms with Crippen molar-refractivity contribution in [1.29, 1.82) is 0 Å². The summed E-state index contributed by atoms with van der Waals surface area (Å²) in [4.78, 5) is 27.1. The van der Waals surface area contributed by atoms with Crippen molar-refractivity contribution in [1.82, 2.24) is 9.47 Å². The Bertz CT molecular complexity index is 1090. The highest BCUT2D eigenvalue weighted by Gasteiger charge is 2.26. The maximum absolute atomic E-state index is 13.0. The van der Waals surface area contributed by atoms with E-state index >= 15 is 0 Å². The quantitative estimate of drug-likeness (QED) is 0.729. The molecule has 1 aliphatic rings. The Morgan fingerprint density at radius 3 is 2.59 bits per heavy atom. The summed E-state index contributed by atoms with van der Waals surface area (Å²) in [6.45, 7) is 3.73. The summed E-state index contributed by atoms with van der Waals surface area (Å²) in [5.74, 6) is 0.547. The van der Waals surface area contributed by atoms with Crippen LogP contribution in [-0.2, 0) is 24.4 Å². The Morgan fingerprint density at radius 1 is 1.10 bits per heavy atom. The van der Waals surface area contributed by atoms with Crippen LogP contribution in [0.15, 0.2) is 59.4 Å². The summed E-state index contributed by atoms with van der Waals surface area (Å²) >= 11 is 0. The largest absolute Gasteiger partial charge is 0.392 e. The average Bonchev–Trinajstić information content (AvgIpc) is 3.20. The molecular weight excluding hydrogens is 364 g/mol. The van der Waals surface area contributed by atoms with E-state index < -0.39 is 0 Å². The minimum Gasteiger partial charge on any atom is -0.392 e. The molecule has 4 rings (SSSR count). The predicted octanol–water partition coefficient (Wildman–Crippen LogP) is 2.89. The third kappa shape index (κ3) is 4.10. The van der Waals surface area contributed by atoms with Crippen molar-refractivity contribution >= 4 is 16.8 Å². The number of hydrogen-bond donors (Lipinski definition) is 1. The number of hydrogen-bond acceptors (Lipinski definition) is 3. The monoisotopic (exact) mass is 390 g/mol. The highest BCUT2D eigenvalue weighted by atomic mass is 16.3. The van der Waals surface area contributed by atoms with Gasteiger partial charge in [0.2, 0.25) is 5.91 Å². The molecule has 2 heterocycles. The summed E-state index contributed by atoms with van der Waals surface area (Å²) < 4.78 is 1.94. The van der Waals surface area contributed by atoms with Crippen molar-refractivity contribution in [2.24, 2.45) is 5.92 Å². The minimum absolute atomic E-state index is 0.00440. The summed E-state index contributed by atoms with van der Waals surface area (Å²) in [6, 6.07) is 17.1. The number of aliphatic hydroxyl groups excluding tert-OH is 1. The van der Waals surface area contributed by atoms with E-state index in [9.17, 15) is 9.59 Å². The molecule has 150 valence electrons. The molecule has 5 nitrogen and oxygen atoms in total. The van der Waals surface area contributed by atoms with Crippen LogP contribution >= 0.6 is 0 Å². The number of benzene rings is 2. The lowest BCUT2D eigenvalue weighted by atomic mass is 9.98. The van der Waals surface area contributed by atoms with Crippen LogP contribution in [0.4, 0.5) is 0 Å². The van der Waals surface area contributed by atoms with Gasteiger partial charge in [0.25, 0.3) is 0 Å². The first-order valence-corrected chi connectivity index (χ1v) is 10.1. The third-order valence-corrected chi connectivity index (χ3v) is 5.89. The number of nitrogens with zero attached hydrogens (tertiary/aromatic N) is 2. The van der Waals surface area contributed by atoms with E-state index in [0.29, 0.717) is 11.3 Å². The van der Waals surface area contributed by atoms with Gasteiger partial charge in [0.1, 0.15) is 6.54 Å². The number of fused-ring (bicyclic) bond motifs is 1. The lowest BCUT2D eigenvalue weighted by Gasteiger charge is -2.20. The van der Waals surface area contributed by atoms with Gasteiger partial charge in [-0.2, -0.15) is 0 Å². The Hall–Kier alpha value is -2.92. The number of carbonyl (C=O) groups is 1. The summed E-state index contributed by atoms with van der Waals surface area (Å²) in [5, 5.41) is 9.82. The van der Waals surface area contributed by atoms with Gasteiger partial charge in [-0.3, -0.25) is 9.59 Å². The second kappa shape index (κ2) is 8.21. The van der Waals surface area contributed by atoms with E-state index in [2.05, 4.69) is 12.1 Å². The third-order valence-electron chi connectivity index (χ3n) is 5.89. The molecule has 1 fully saturated rings. The average molecular weight is 390 g/mol. The first kappa shape index (κ1) is 19.4. The number of aliphatic hydroxyl groups is 1. The van der Waals surface area contributed by atoms with Gasteiger partial charge in [0.15, 0.2) is 5.43 Å². The zero-order valence-corrected chi connectivity index (χ0v) is 16.7. The minimum atomic E-state index is -0.00440. The molecule has 1 N–H and O–H groups in total. The Labute approximate surface area is 170 Å². The smallest absolute Gasteiger partial charge is 0.242 e. The second-order valence-electron chi connectivity index (χ2n) is 7.93. The molecule has 0 saturated carbocycles. The van der Waals surface area contributed by atoms with E-state index in [-0.39, 0.29) is 24.5 Å². The molecule has 0 spiro atoms. The lowest BCUT2D eigenvalue weighted by Crippen LogP contribution is -2.33. The molecule has 2 aromatic carbocycles. The van der Waals surface area contributed by atoms with Crippen molar-refractivity contribution in [3.8, 4) is 0 Å². The van der Waals surface area contributed by atoms with E-state index in [1.54, 1.807) is 6.07 Å². The van der Waals surface area contributed by atoms with Crippen LogP contribution in [0.1, 0.15) is 23.2 Å². The Kier molecular flexibility index (Phi) is 5.49. The fraction of sp³-hybridized carbons (Fsp3) is 0.333. The van der Waals surface area contributed by atoms with Gasteiger partial charge in [0.05, 0.1) is 12.1 Å². The first-order chi connectivity index (χ1) is 14.0. The second-order valence-corrected chi connectivity index (χ2v) is 7.93. The molecule has 1 saturated heterocycles. The number of carbonyl (C=O) groups excluding carboxylic acids is 1. The Morgan fingerprint density at radius 2 is 1.83 bits per heavy atom. The number of likely N-dealkylation sites (tertiary alicyclic amines) is 1. The number of para-hydroxylation sites is 1. The maximum Gasteiger partial charge on any atom is 0.242 e. The van der Waals surface area contributed by atoms with Crippen molar-refractivity contribution < 1.29 is 9.90 Å². The van der Waals surface area contributed by atoms with Gasteiger partial charge in [-0.05, 0) is 48.9 Å².